The van der Waals surface area contributed by atoms with Crippen LogP contribution in [0.5, 0.6) is 0 Å². The Morgan fingerprint density at radius 3 is 2.77 bits per heavy atom. The number of hydrogen-bond acceptors (Lipinski definition) is 7. The molecule has 0 amide bonds. The second kappa shape index (κ2) is 12.8. The molecular formula is C28H37N5S2. The molecule has 1 saturated heterocycles. The van der Waals surface area contributed by atoms with Crippen LogP contribution in [-0.4, -0.2) is 35.3 Å². The summed E-state index contributed by atoms with van der Waals surface area (Å²) in [5.41, 5.74) is 10.5. The van der Waals surface area contributed by atoms with Crippen LogP contribution in [0.4, 0.5) is 0 Å². The zero-order valence-corrected chi connectivity index (χ0v) is 22.6. The van der Waals surface area contributed by atoms with Crippen LogP contribution in [0.15, 0.2) is 41.5 Å². The normalized spacial score (nSPS) is 19.1. The molecule has 3 aliphatic rings. The van der Waals surface area contributed by atoms with Crippen molar-refractivity contribution in [3.05, 3.63) is 69.8 Å². The lowest BCUT2D eigenvalue weighted by Gasteiger charge is -2.13. The second-order valence-corrected chi connectivity index (χ2v) is 11.7. The standard InChI is InChI=1S/C22H23N3S.C6H14N2S/c1-14(2)11-16-9-10-17(12-18(16)13-23)21-24-25-22(26-21)20-8-4-6-15-5-3-7-19(15)20;7-9-6-5-8-3-1-2-4-8/h4,6,8-10,12,14,21,24H,3,5,7,11H2,1-2H3;1-7H2. The fourth-order valence-corrected chi connectivity index (χ4v) is 6.43. The quantitative estimate of drug-likeness (QED) is 0.473. The van der Waals surface area contributed by atoms with Gasteiger partial charge in [-0.2, -0.15) is 10.4 Å². The molecule has 1 aliphatic carbocycles. The maximum absolute atomic E-state index is 9.53. The summed E-state index contributed by atoms with van der Waals surface area (Å²) >= 11 is 3.20. The maximum atomic E-state index is 9.53. The number of thioether (sulfide) groups is 1. The van der Waals surface area contributed by atoms with E-state index < -0.39 is 0 Å². The average Bonchev–Trinajstić information content (AvgIpc) is 3.64. The van der Waals surface area contributed by atoms with Crippen LogP contribution in [0.2, 0.25) is 0 Å². The van der Waals surface area contributed by atoms with Crippen molar-refractivity contribution in [1.82, 2.24) is 10.3 Å². The zero-order valence-electron chi connectivity index (χ0n) is 20.9. The van der Waals surface area contributed by atoms with E-state index in [9.17, 15) is 5.26 Å². The molecule has 1 unspecified atom stereocenters. The van der Waals surface area contributed by atoms with Crippen molar-refractivity contribution in [3.8, 4) is 6.07 Å². The number of hydrazone groups is 1. The van der Waals surface area contributed by atoms with Gasteiger partial charge >= 0.3 is 0 Å². The molecule has 35 heavy (non-hydrogen) atoms. The Hall–Kier alpha value is -1.98. The van der Waals surface area contributed by atoms with Gasteiger partial charge in [-0.1, -0.05) is 67.9 Å². The first kappa shape index (κ1) is 26.1. The van der Waals surface area contributed by atoms with Crippen molar-refractivity contribution in [2.45, 2.75) is 57.7 Å². The number of nitrogens with zero attached hydrogens (tertiary/aromatic N) is 3. The SMILES string of the molecule is CC(C)Cc1ccc(C2NN=C(c3cccc4c3CCC4)S2)cc1C#N.NSCCN1CCCC1. The van der Waals surface area contributed by atoms with Gasteiger partial charge < -0.3 is 4.90 Å². The molecule has 3 N–H and O–H groups in total. The summed E-state index contributed by atoms with van der Waals surface area (Å²) in [5.74, 6) is 1.63. The summed E-state index contributed by atoms with van der Waals surface area (Å²) in [4.78, 5) is 2.47. The van der Waals surface area contributed by atoms with E-state index in [-0.39, 0.29) is 5.37 Å². The minimum absolute atomic E-state index is 0.0717. The van der Waals surface area contributed by atoms with Crippen LogP contribution in [0.3, 0.4) is 0 Å². The van der Waals surface area contributed by atoms with Gasteiger partial charge in [0.05, 0.1) is 11.6 Å². The first-order valence-corrected chi connectivity index (χ1v) is 14.7. The number of hydrogen-bond donors (Lipinski definition) is 2. The topological polar surface area (TPSA) is 77.4 Å². The highest BCUT2D eigenvalue weighted by atomic mass is 32.2. The molecule has 2 aliphatic heterocycles. The molecule has 0 spiro atoms. The number of aryl methyl sites for hydroxylation is 1. The van der Waals surface area contributed by atoms with Crippen molar-refractivity contribution in [2.75, 3.05) is 25.4 Å². The third-order valence-electron chi connectivity index (χ3n) is 6.80. The van der Waals surface area contributed by atoms with Crippen LogP contribution in [0.1, 0.15) is 71.9 Å². The van der Waals surface area contributed by atoms with Crippen molar-refractivity contribution < 1.29 is 0 Å². The van der Waals surface area contributed by atoms with Crippen LogP contribution < -0.4 is 10.6 Å². The minimum Gasteiger partial charge on any atom is -0.302 e. The maximum Gasteiger partial charge on any atom is 0.126 e. The fraction of sp³-hybridized carbons (Fsp3) is 0.500. The second-order valence-electron chi connectivity index (χ2n) is 9.89. The smallest absolute Gasteiger partial charge is 0.126 e. The van der Waals surface area contributed by atoms with Gasteiger partial charge in [0.15, 0.2) is 0 Å². The summed E-state index contributed by atoms with van der Waals surface area (Å²) in [6.45, 7) is 8.13. The highest BCUT2D eigenvalue weighted by Crippen LogP contribution is 2.37. The fourth-order valence-electron chi connectivity index (χ4n) is 5.04. The molecule has 5 nitrogen and oxygen atoms in total. The highest BCUT2D eigenvalue weighted by Gasteiger charge is 2.26. The van der Waals surface area contributed by atoms with E-state index in [0.717, 1.165) is 40.3 Å². The predicted molar refractivity (Wildman–Crippen MR) is 150 cm³/mol. The van der Waals surface area contributed by atoms with Gasteiger partial charge in [0.1, 0.15) is 10.4 Å². The molecule has 7 heteroatoms. The molecular weight excluding hydrogens is 470 g/mol. The number of nitriles is 1. The van der Waals surface area contributed by atoms with E-state index in [1.807, 2.05) is 6.07 Å². The van der Waals surface area contributed by atoms with Crippen LogP contribution in [0, 0.1) is 17.2 Å². The Bertz CT molecular complexity index is 1070. The summed E-state index contributed by atoms with van der Waals surface area (Å²) < 4.78 is 0. The van der Waals surface area contributed by atoms with E-state index in [4.69, 9.17) is 5.14 Å². The molecule has 0 saturated carbocycles. The molecule has 0 aromatic heterocycles. The van der Waals surface area contributed by atoms with E-state index in [1.54, 1.807) is 11.8 Å². The van der Waals surface area contributed by atoms with Crippen molar-refractivity contribution in [1.29, 1.82) is 5.26 Å². The molecule has 5 rings (SSSR count). The monoisotopic (exact) mass is 507 g/mol. The number of rotatable bonds is 7. The largest absolute Gasteiger partial charge is 0.302 e. The summed E-state index contributed by atoms with van der Waals surface area (Å²) in [7, 11) is 0. The van der Waals surface area contributed by atoms with Gasteiger partial charge in [-0.3, -0.25) is 10.6 Å². The Morgan fingerprint density at radius 1 is 1.20 bits per heavy atom. The minimum atomic E-state index is 0.0717. The van der Waals surface area contributed by atoms with Gasteiger partial charge in [-0.25, -0.2) is 0 Å². The van der Waals surface area contributed by atoms with Gasteiger partial charge in [0, 0.05) is 17.9 Å². The van der Waals surface area contributed by atoms with Gasteiger partial charge in [0.2, 0.25) is 0 Å². The summed E-state index contributed by atoms with van der Waals surface area (Å²) in [5, 5.41) is 20.6. The molecule has 2 aromatic carbocycles. The number of nitrogens with two attached hydrogens (primary N) is 1. The average molecular weight is 508 g/mol. The number of fused-ring (bicyclic) bond motifs is 1. The van der Waals surface area contributed by atoms with E-state index in [0.29, 0.717) is 5.92 Å². The van der Waals surface area contributed by atoms with Gasteiger partial charge in [-0.15, -0.1) is 0 Å². The number of likely N-dealkylation sites (tertiary alicyclic amines) is 1. The van der Waals surface area contributed by atoms with E-state index in [2.05, 4.69) is 65.7 Å². The molecule has 0 bridgehead atoms. The predicted octanol–water partition coefficient (Wildman–Crippen LogP) is 5.63. The van der Waals surface area contributed by atoms with Crippen molar-refractivity contribution in [3.63, 3.8) is 0 Å². The third kappa shape index (κ3) is 6.83. The lowest BCUT2D eigenvalue weighted by atomic mass is 9.97. The molecule has 2 aromatic rings. The number of nitrogens with one attached hydrogen (secondary N) is 1. The lowest BCUT2D eigenvalue weighted by Crippen LogP contribution is -2.22. The first-order chi connectivity index (χ1) is 17.1. The van der Waals surface area contributed by atoms with Crippen molar-refractivity contribution in [2.24, 2.45) is 16.2 Å². The van der Waals surface area contributed by atoms with Gasteiger partial charge in [0.25, 0.3) is 0 Å². The molecule has 1 fully saturated rings. The van der Waals surface area contributed by atoms with Gasteiger partial charge in [-0.05, 0) is 85.9 Å². The molecule has 186 valence electrons. The summed E-state index contributed by atoms with van der Waals surface area (Å²) in [6, 6.07) is 15.2. The first-order valence-electron chi connectivity index (χ1n) is 12.8. The van der Waals surface area contributed by atoms with E-state index >= 15 is 0 Å². The Kier molecular flexibility index (Phi) is 9.56. The Morgan fingerprint density at radius 2 is 2.03 bits per heavy atom. The van der Waals surface area contributed by atoms with Crippen LogP contribution >= 0.6 is 23.7 Å². The van der Waals surface area contributed by atoms with E-state index in [1.165, 1.54) is 74.0 Å². The molecule has 1 atom stereocenters. The van der Waals surface area contributed by atoms with Crippen LogP contribution in [-0.2, 0) is 19.3 Å². The Balaban J connectivity index is 0.000000271. The Labute approximate surface area is 219 Å². The number of benzene rings is 2. The zero-order chi connectivity index (χ0) is 24.6. The van der Waals surface area contributed by atoms with Crippen molar-refractivity contribution >= 4 is 28.8 Å². The summed E-state index contributed by atoms with van der Waals surface area (Å²) in [6.07, 6.45) is 7.28. The molecule has 2 heterocycles. The van der Waals surface area contributed by atoms with Crippen LogP contribution in [0.25, 0.3) is 0 Å². The lowest BCUT2D eigenvalue weighted by molar-refractivity contribution is 0.362. The highest BCUT2D eigenvalue weighted by molar-refractivity contribution is 8.14. The third-order valence-corrected chi connectivity index (χ3v) is 8.36. The molecule has 0 radical (unpaired) electrons.